The van der Waals surface area contributed by atoms with E-state index in [9.17, 15) is 8.76 Å². The summed E-state index contributed by atoms with van der Waals surface area (Å²) < 4.78 is 25.2. The molecule has 27 heavy (non-hydrogen) atoms. The second-order valence-electron chi connectivity index (χ2n) is 7.90. The SMILES string of the molecule is CC(C=CC1=C(C)CCCC1(C)C)=CC=CC(C)=CCCC(N)OS(=O)[O-]. The van der Waals surface area contributed by atoms with Crippen molar-refractivity contribution in [2.75, 3.05) is 0 Å². The Kier molecular flexibility index (Phi) is 10.2. The molecule has 0 saturated heterocycles. The van der Waals surface area contributed by atoms with Gasteiger partial charge >= 0.3 is 0 Å². The first-order chi connectivity index (χ1) is 12.6. The lowest BCUT2D eigenvalue weighted by Gasteiger charge is -2.32. The fourth-order valence-electron chi connectivity index (χ4n) is 3.32. The van der Waals surface area contributed by atoms with Crippen molar-refractivity contribution < 1.29 is 12.9 Å². The van der Waals surface area contributed by atoms with E-state index in [1.165, 1.54) is 36.0 Å². The van der Waals surface area contributed by atoms with Crippen LogP contribution in [0.15, 0.2) is 58.7 Å². The zero-order chi connectivity index (χ0) is 20.4. The van der Waals surface area contributed by atoms with Crippen molar-refractivity contribution in [3.63, 3.8) is 0 Å². The van der Waals surface area contributed by atoms with Crippen molar-refractivity contribution in [1.29, 1.82) is 0 Å². The van der Waals surface area contributed by atoms with Gasteiger partial charge in [0.15, 0.2) is 0 Å². The average molecular weight is 393 g/mol. The summed E-state index contributed by atoms with van der Waals surface area (Å²) in [5, 5.41) is 0. The molecule has 2 atom stereocenters. The summed E-state index contributed by atoms with van der Waals surface area (Å²) in [5.74, 6) is 0. The first-order valence-electron chi connectivity index (χ1n) is 9.54. The molecule has 2 unspecified atom stereocenters. The Balaban J connectivity index is 2.57. The van der Waals surface area contributed by atoms with Crippen LogP contribution in [0.3, 0.4) is 0 Å². The summed E-state index contributed by atoms with van der Waals surface area (Å²) in [4.78, 5) is 0. The Hall–Kier alpha value is -1.27. The van der Waals surface area contributed by atoms with E-state index in [1.54, 1.807) is 0 Å². The van der Waals surface area contributed by atoms with Crippen LogP contribution in [0.5, 0.6) is 0 Å². The summed E-state index contributed by atoms with van der Waals surface area (Å²) in [7, 11) is 0. The molecule has 0 saturated carbocycles. The Morgan fingerprint density at radius 1 is 1.33 bits per heavy atom. The first-order valence-corrected chi connectivity index (χ1v) is 10.5. The molecule has 0 amide bonds. The van der Waals surface area contributed by atoms with Crippen LogP contribution in [0.2, 0.25) is 0 Å². The van der Waals surface area contributed by atoms with Crippen LogP contribution < -0.4 is 5.73 Å². The Morgan fingerprint density at radius 3 is 2.67 bits per heavy atom. The van der Waals surface area contributed by atoms with Gasteiger partial charge in [0.05, 0.1) is 11.4 Å². The average Bonchev–Trinajstić information content (AvgIpc) is 2.53. The van der Waals surface area contributed by atoms with E-state index < -0.39 is 17.6 Å². The molecule has 0 spiro atoms. The highest BCUT2D eigenvalue weighted by Crippen LogP contribution is 2.40. The Bertz CT molecular complexity index is 669. The molecule has 1 aliphatic rings. The fourth-order valence-corrected chi connectivity index (χ4v) is 3.62. The second-order valence-corrected chi connectivity index (χ2v) is 8.50. The molecule has 0 fully saturated rings. The minimum Gasteiger partial charge on any atom is -0.750 e. The smallest absolute Gasteiger partial charge is 0.122 e. The molecular formula is C22H34NO3S-. The molecule has 5 heteroatoms. The van der Waals surface area contributed by atoms with Crippen molar-refractivity contribution in [3.8, 4) is 0 Å². The second kappa shape index (κ2) is 11.5. The maximum atomic E-state index is 10.4. The van der Waals surface area contributed by atoms with Gasteiger partial charge in [-0.25, -0.2) is 4.21 Å². The van der Waals surface area contributed by atoms with E-state index in [0.29, 0.717) is 12.8 Å². The number of rotatable bonds is 9. The van der Waals surface area contributed by atoms with Crippen molar-refractivity contribution in [2.24, 2.45) is 11.1 Å². The third-order valence-corrected chi connectivity index (χ3v) is 5.30. The topological polar surface area (TPSA) is 75.4 Å². The van der Waals surface area contributed by atoms with Gasteiger partial charge in [0.2, 0.25) is 0 Å². The van der Waals surface area contributed by atoms with E-state index in [0.717, 1.165) is 5.57 Å². The molecule has 0 aromatic carbocycles. The lowest BCUT2D eigenvalue weighted by Crippen LogP contribution is -2.24. The normalized spacial score (nSPS) is 21.3. The van der Waals surface area contributed by atoms with Gasteiger partial charge in [-0.1, -0.05) is 67.0 Å². The van der Waals surface area contributed by atoms with Gasteiger partial charge in [-0.3, -0.25) is 4.18 Å². The third kappa shape index (κ3) is 9.47. The molecule has 0 bridgehead atoms. The lowest BCUT2D eigenvalue weighted by atomic mass is 9.72. The van der Waals surface area contributed by atoms with Gasteiger partial charge in [-0.15, -0.1) is 0 Å². The molecule has 0 aromatic rings. The summed E-state index contributed by atoms with van der Waals surface area (Å²) in [5.41, 5.74) is 11.1. The predicted molar refractivity (Wildman–Crippen MR) is 113 cm³/mol. The molecule has 152 valence electrons. The van der Waals surface area contributed by atoms with Gasteiger partial charge in [-0.05, 0) is 63.9 Å². The highest BCUT2D eigenvalue weighted by Gasteiger charge is 2.26. The van der Waals surface area contributed by atoms with Crippen LogP contribution in [-0.2, 0) is 15.5 Å². The maximum Gasteiger partial charge on any atom is 0.122 e. The van der Waals surface area contributed by atoms with E-state index >= 15 is 0 Å². The van der Waals surface area contributed by atoms with Crippen molar-refractivity contribution in [3.05, 3.63) is 58.7 Å². The van der Waals surface area contributed by atoms with Crippen LogP contribution in [0.4, 0.5) is 0 Å². The van der Waals surface area contributed by atoms with Crippen molar-refractivity contribution in [1.82, 2.24) is 0 Å². The minimum atomic E-state index is -2.56. The number of hydrogen-bond acceptors (Lipinski definition) is 4. The molecule has 1 aliphatic carbocycles. The summed E-state index contributed by atoms with van der Waals surface area (Å²) in [6, 6.07) is 0. The summed E-state index contributed by atoms with van der Waals surface area (Å²) in [6.07, 6.45) is 16.7. The van der Waals surface area contributed by atoms with E-state index in [1.807, 2.05) is 25.2 Å². The van der Waals surface area contributed by atoms with Gasteiger partial charge in [0.1, 0.15) is 6.23 Å². The highest BCUT2D eigenvalue weighted by atomic mass is 32.2. The molecular weight excluding hydrogens is 358 g/mol. The zero-order valence-corrected chi connectivity index (χ0v) is 18.1. The minimum absolute atomic E-state index is 0.261. The van der Waals surface area contributed by atoms with Crippen LogP contribution >= 0.6 is 0 Å². The third-order valence-electron chi connectivity index (χ3n) is 4.89. The number of hydrogen-bond donors (Lipinski definition) is 1. The maximum absolute atomic E-state index is 10.4. The van der Waals surface area contributed by atoms with Gasteiger partial charge < -0.3 is 10.3 Å². The van der Waals surface area contributed by atoms with Gasteiger partial charge in [-0.2, -0.15) is 0 Å². The quantitative estimate of drug-likeness (QED) is 0.324. The molecule has 1 rings (SSSR count). The van der Waals surface area contributed by atoms with Crippen LogP contribution in [0.25, 0.3) is 0 Å². The number of allylic oxidation sites excluding steroid dienone is 10. The zero-order valence-electron chi connectivity index (χ0n) is 17.3. The first kappa shape index (κ1) is 23.8. The molecule has 0 aliphatic heterocycles. The molecule has 0 heterocycles. The van der Waals surface area contributed by atoms with Gasteiger partial charge in [0, 0.05) is 0 Å². The Labute approximate surface area is 167 Å². The lowest BCUT2D eigenvalue weighted by molar-refractivity contribution is 0.199. The molecule has 2 N–H and O–H groups in total. The summed E-state index contributed by atoms with van der Waals surface area (Å²) in [6.45, 7) is 11.0. The van der Waals surface area contributed by atoms with Crippen molar-refractivity contribution in [2.45, 2.75) is 73.0 Å². The predicted octanol–water partition coefficient (Wildman–Crippen LogP) is 5.39. The summed E-state index contributed by atoms with van der Waals surface area (Å²) >= 11 is -2.56. The Morgan fingerprint density at radius 2 is 2.04 bits per heavy atom. The van der Waals surface area contributed by atoms with E-state index in [-0.39, 0.29) is 5.41 Å². The largest absolute Gasteiger partial charge is 0.750 e. The fraction of sp³-hybridized carbons (Fsp3) is 0.545. The standard InChI is InChI=1S/C22H35NO3S/c1-17(11-7-13-21(23)26-27(24)25)9-6-10-18(2)14-15-20-19(3)12-8-16-22(20,4)5/h6,9-11,14-15,21H,7-8,12-13,16,23H2,1-5H3,(H,24,25)/p-1. The van der Waals surface area contributed by atoms with Crippen molar-refractivity contribution >= 4 is 11.4 Å². The van der Waals surface area contributed by atoms with Crippen LogP contribution in [-0.4, -0.2) is 15.0 Å². The monoisotopic (exact) mass is 392 g/mol. The van der Waals surface area contributed by atoms with Crippen LogP contribution in [0, 0.1) is 5.41 Å². The van der Waals surface area contributed by atoms with E-state index in [4.69, 9.17) is 5.73 Å². The number of nitrogens with two attached hydrogens (primary N) is 1. The highest BCUT2D eigenvalue weighted by molar-refractivity contribution is 7.74. The molecule has 0 radical (unpaired) electrons. The van der Waals surface area contributed by atoms with E-state index in [2.05, 4.69) is 50.1 Å². The molecule has 4 nitrogen and oxygen atoms in total. The van der Waals surface area contributed by atoms with Crippen LogP contribution in [0.1, 0.15) is 66.7 Å². The molecule has 0 aromatic heterocycles. The van der Waals surface area contributed by atoms with Gasteiger partial charge in [0.25, 0.3) is 0 Å².